The third-order valence-electron chi connectivity index (χ3n) is 3.12. The second-order valence-corrected chi connectivity index (χ2v) is 6.89. The molecule has 0 bridgehead atoms. The number of rotatable bonds is 2. The standard InChI is InChI=1S/C13H15BrClNOS/c1-18-10-2-3-12(15)11(8-10)13(17)16-6-4-9(14)5-7-16/h2-3,8-9H,4-7H2,1H3. The van der Waals surface area contributed by atoms with Gasteiger partial charge in [-0.25, -0.2) is 0 Å². The minimum absolute atomic E-state index is 0.0512. The molecule has 0 unspecified atom stereocenters. The number of likely N-dealkylation sites (tertiary alicyclic amines) is 1. The lowest BCUT2D eigenvalue weighted by atomic mass is 10.1. The molecule has 1 aliphatic heterocycles. The van der Waals surface area contributed by atoms with Gasteiger partial charge in [0.25, 0.3) is 5.91 Å². The van der Waals surface area contributed by atoms with Gasteiger partial charge in [0.05, 0.1) is 10.6 Å². The number of thioether (sulfide) groups is 1. The number of hydrogen-bond donors (Lipinski definition) is 0. The van der Waals surface area contributed by atoms with Crippen LogP contribution in [0.1, 0.15) is 23.2 Å². The Bertz CT molecular complexity index is 447. The maximum Gasteiger partial charge on any atom is 0.255 e. The summed E-state index contributed by atoms with van der Waals surface area (Å²) >= 11 is 11.3. The lowest BCUT2D eigenvalue weighted by Gasteiger charge is -2.29. The number of alkyl halides is 1. The highest BCUT2D eigenvalue weighted by Crippen LogP contribution is 2.26. The van der Waals surface area contributed by atoms with Crippen LogP contribution in [0.15, 0.2) is 23.1 Å². The predicted octanol–water partition coefficient (Wildman–Crippen LogP) is 4.06. The summed E-state index contributed by atoms with van der Waals surface area (Å²) in [4.78, 5) is 15.9. The van der Waals surface area contributed by atoms with E-state index in [-0.39, 0.29) is 5.91 Å². The van der Waals surface area contributed by atoms with Gasteiger partial charge in [-0.3, -0.25) is 4.79 Å². The zero-order chi connectivity index (χ0) is 13.1. The molecule has 5 heteroatoms. The molecule has 0 N–H and O–H groups in total. The van der Waals surface area contributed by atoms with Crippen LogP contribution >= 0.6 is 39.3 Å². The average molecular weight is 349 g/mol. The highest BCUT2D eigenvalue weighted by atomic mass is 79.9. The van der Waals surface area contributed by atoms with Crippen molar-refractivity contribution in [2.45, 2.75) is 22.6 Å². The Labute approximate surface area is 125 Å². The Hall–Kier alpha value is -0.190. The highest BCUT2D eigenvalue weighted by Gasteiger charge is 2.23. The highest BCUT2D eigenvalue weighted by molar-refractivity contribution is 9.09. The van der Waals surface area contributed by atoms with Crippen molar-refractivity contribution in [2.75, 3.05) is 19.3 Å². The summed E-state index contributed by atoms with van der Waals surface area (Å²) < 4.78 is 0. The normalized spacial score (nSPS) is 16.9. The molecule has 0 saturated carbocycles. The van der Waals surface area contributed by atoms with Gasteiger partial charge >= 0.3 is 0 Å². The topological polar surface area (TPSA) is 20.3 Å². The summed E-state index contributed by atoms with van der Waals surface area (Å²) in [5, 5.41) is 0.541. The summed E-state index contributed by atoms with van der Waals surface area (Å²) in [6.07, 6.45) is 4.00. The number of amides is 1. The van der Waals surface area contributed by atoms with E-state index in [0.29, 0.717) is 15.4 Å². The van der Waals surface area contributed by atoms with Crippen molar-refractivity contribution in [1.82, 2.24) is 4.90 Å². The number of nitrogens with zero attached hydrogens (tertiary/aromatic N) is 1. The first-order valence-electron chi connectivity index (χ1n) is 5.88. The Kier molecular flexibility index (Phi) is 4.98. The quantitative estimate of drug-likeness (QED) is 0.593. The van der Waals surface area contributed by atoms with E-state index >= 15 is 0 Å². The first kappa shape index (κ1) is 14.2. The smallest absolute Gasteiger partial charge is 0.255 e. The molecule has 0 aliphatic carbocycles. The number of hydrogen-bond acceptors (Lipinski definition) is 2. The molecule has 1 aliphatic rings. The molecule has 0 atom stereocenters. The molecule has 1 heterocycles. The fourth-order valence-corrected chi connectivity index (χ4v) is 3.06. The van der Waals surface area contributed by atoms with E-state index in [9.17, 15) is 4.79 Å². The zero-order valence-electron chi connectivity index (χ0n) is 10.2. The number of benzene rings is 1. The second-order valence-electron chi connectivity index (χ2n) is 4.31. The SMILES string of the molecule is CSc1ccc(Cl)c(C(=O)N2CCC(Br)CC2)c1. The molecular formula is C13H15BrClNOS. The number of carbonyl (C=O) groups excluding carboxylic acids is 1. The lowest BCUT2D eigenvalue weighted by molar-refractivity contribution is 0.0728. The van der Waals surface area contributed by atoms with E-state index in [4.69, 9.17) is 11.6 Å². The summed E-state index contributed by atoms with van der Waals surface area (Å²) in [5.74, 6) is 0.0512. The van der Waals surface area contributed by atoms with Crippen molar-refractivity contribution in [3.63, 3.8) is 0 Å². The Morgan fingerprint density at radius 1 is 1.44 bits per heavy atom. The van der Waals surface area contributed by atoms with Crippen molar-refractivity contribution >= 4 is 45.2 Å². The van der Waals surface area contributed by atoms with E-state index in [1.807, 2.05) is 23.3 Å². The minimum atomic E-state index is 0.0512. The van der Waals surface area contributed by atoms with Crippen LogP contribution in [0.25, 0.3) is 0 Å². The van der Waals surface area contributed by atoms with Crippen molar-refractivity contribution in [3.8, 4) is 0 Å². The van der Waals surface area contributed by atoms with Crippen LogP contribution in [0.4, 0.5) is 0 Å². The van der Waals surface area contributed by atoms with Crippen molar-refractivity contribution in [1.29, 1.82) is 0 Å². The van der Waals surface area contributed by atoms with Gasteiger partial charge < -0.3 is 4.90 Å². The van der Waals surface area contributed by atoms with Gasteiger partial charge in [0.15, 0.2) is 0 Å². The third-order valence-corrected chi connectivity index (χ3v) is 5.09. The van der Waals surface area contributed by atoms with Gasteiger partial charge in [-0.2, -0.15) is 0 Å². The van der Waals surface area contributed by atoms with Crippen LogP contribution in [0, 0.1) is 0 Å². The maximum absolute atomic E-state index is 12.4. The van der Waals surface area contributed by atoms with Crippen LogP contribution < -0.4 is 0 Å². The van der Waals surface area contributed by atoms with E-state index in [1.54, 1.807) is 17.8 Å². The number of piperidine rings is 1. The van der Waals surface area contributed by atoms with Gasteiger partial charge in [0, 0.05) is 22.8 Å². The molecule has 0 radical (unpaired) electrons. The van der Waals surface area contributed by atoms with Crippen LogP contribution in [-0.4, -0.2) is 35.0 Å². The van der Waals surface area contributed by atoms with Crippen molar-refractivity contribution < 1.29 is 4.79 Å². The second kappa shape index (κ2) is 6.31. The van der Waals surface area contributed by atoms with E-state index in [0.717, 1.165) is 30.8 Å². The fraction of sp³-hybridized carbons (Fsp3) is 0.462. The summed E-state index contributed by atoms with van der Waals surface area (Å²) in [7, 11) is 0. The Balaban J connectivity index is 2.17. The number of carbonyl (C=O) groups is 1. The summed E-state index contributed by atoms with van der Waals surface area (Å²) in [6, 6.07) is 5.63. The first-order valence-corrected chi connectivity index (χ1v) is 8.40. The van der Waals surface area contributed by atoms with Crippen molar-refractivity contribution in [2.24, 2.45) is 0 Å². The van der Waals surface area contributed by atoms with Gasteiger partial charge in [-0.1, -0.05) is 27.5 Å². The largest absolute Gasteiger partial charge is 0.339 e. The number of halogens is 2. The van der Waals surface area contributed by atoms with Gasteiger partial charge in [0.2, 0.25) is 0 Å². The van der Waals surface area contributed by atoms with E-state index < -0.39 is 0 Å². The monoisotopic (exact) mass is 347 g/mol. The van der Waals surface area contributed by atoms with Gasteiger partial charge in [-0.05, 0) is 37.3 Å². The third kappa shape index (κ3) is 3.22. The molecule has 1 fully saturated rings. The predicted molar refractivity (Wildman–Crippen MR) is 81.1 cm³/mol. The molecule has 1 saturated heterocycles. The minimum Gasteiger partial charge on any atom is -0.339 e. The van der Waals surface area contributed by atoms with Crippen LogP contribution in [0.5, 0.6) is 0 Å². The fourth-order valence-electron chi connectivity index (χ4n) is 2.02. The molecule has 18 heavy (non-hydrogen) atoms. The molecule has 2 rings (SSSR count). The molecule has 2 nitrogen and oxygen atoms in total. The van der Waals surface area contributed by atoms with Crippen LogP contribution in [-0.2, 0) is 0 Å². The van der Waals surface area contributed by atoms with Crippen LogP contribution in [0.2, 0.25) is 5.02 Å². The van der Waals surface area contributed by atoms with Crippen molar-refractivity contribution in [3.05, 3.63) is 28.8 Å². The molecule has 0 spiro atoms. The van der Waals surface area contributed by atoms with E-state index in [1.165, 1.54) is 0 Å². The first-order chi connectivity index (χ1) is 8.61. The van der Waals surface area contributed by atoms with Gasteiger partial charge in [0.1, 0.15) is 0 Å². The average Bonchev–Trinajstić information content (AvgIpc) is 2.39. The van der Waals surface area contributed by atoms with Gasteiger partial charge in [-0.15, -0.1) is 11.8 Å². The summed E-state index contributed by atoms with van der Waals surface area (Å²) in [6.45, 7) is 1.60. The molecule has 1 aromatic rings. The lowest BCUT2D eigenvalue weighted by Crippen LogP contribution is -2.38. The molecule has 1 aromatic carbocycles. The maximum atomic E-state index is 12.4. The molecule has 1 amide bonds. The molecule has 98 valence electrons. The Morgan fingerprint density at radius 2 is 2.11 bits per heavy atom. The Morgan fingerprint density at radius 3 is 2.72 bits per heavy atom. The van der Waals surface area contributed by atoms with Crippen LogP contribution in [0.3, 0.4) is 0 Å². The molecule has 0 aromatic heterocycles. The zero-order valence-corrected chi connectivity index (χ0v) is 13.3. The summed E-state index contributed by atoms with van der Waals surface area (Å²) in [5.41, 5.74) is 0.622. The van der Waals surface area contributed by atoms with E-state index in [2.05, 4.69) is 15.9 Å². The molecular weight excluding hydrogens is 334 g/mol.